The van der Waals surface area contributed by atoms with E-state index in [-0.39, 0.29) is 5.56 Å². The lowest BCUT2D eigenvalue weighted by molar-refractivity contribution is 0.0697. The Labute approximate surface area is 137 Å². The number of benzene rings is 2. The van der Waals surface area contributed by atoms with Gasteiger partial charge in [0.25, 0.3) is 0 Å². The first-order valence-corrected chi connectivity index (χ1v) is 7.19. The molecule has 0 saturated carbocycles. The molecule has 0 spiro atoms. The number of methoxy groups -OCH3 is 1. The Bertz CT molecular complexity index is 896. The van der Waals surface area contributed by atoms with Gasteiger partial charge in [0, 0.05) is 22.3 Å². The van der Waals surface area contributed by atoms with E-state index >= 15 is 0 Å². The van der Waals surface area contributed by atoms with E-state index in [1.165, 1.54) is 6.20 Å². The standard InChI is InChI=1S/C17H13ClN2O3/c1-23-14-7-3-6-12-15(13(17(21)22)9-19-16(12)14)20-11-5-2-4-10(18)8-11/h2-9H,1H3,(H,19,20)(H,21,22). The summed E-state index contributed by atoms with van der Waals surface area (Å²) in [6.07, 6.45) is 1.32. The molecule has 0 unspecified atom stereocenters. The zero-order valence-electron chi connectivity index (χ0n) is 12.2. The molecule has 1 aromatic heterocycles. The molecule has 3 rings (SSSR count). The number of para-hydroxylation sites is 1. The summed E-state index contributed by atoms with van der Waals surface area (Å²) in [6, 6.07) is 12.4. The second-order valence-electron chi connectivity index (χ2n) is 4.84. The fraction of sp³-hybridized carbons (Fsp3) is 0.0588. The molecule has 2 aromatic carbocycles. The van der Waals surface area contributed by atoms with Gasteiger partial charge in [-0.1, -0.05) is 29.8 Å². The van der Waals surface area contributed by atoms with Crippen LogP contribution in [0, 0.1) is 0 Å². The molecule has 3 aromatic rings. The summed E-state index contributed by atoms with van der Waals surface area (Å²) in [4.78, 5) is 15.8. The molecule has 6 heteroatoms. The van der Waals surface area contributed by atoms with Crippen LogP contribution in [0.25, 0.3) is 10.9 Å². The Kier molecular flexibility index (Phi) is 4.04. The number of pyridine rings is 1. The minimum atomic E-state index is -1.06. The summed E-state index contributed by atoms with van der Waals surface area (Å²) in [5.41, 5.74) is 1.80. The molecular formula is C17H13ClN2O3. The minimum absolute atomic E-state index is 0.0747. The molecule has 0 amide bonds. The van der Waals surface area contributed by atoms with E-state index in [0.29, 0.717) is 33.0 Å². The van der Waals surface area contributed by atoms with Gasteiger partial charge in [0.15, 0.2) is 0 Å². The van der Waals surface area contributed by atoms with E-state index in [9.17, 15) is 9.90 Å². The number of aromatic nitrogens is 1. The van der Waals surface area contributed by atoms with Crippen LogP contribution < -0.4 is 10.1 Å². The van der Waals surface area contributed by atoms with Crippen LogP contribution in [0.4, 0.5) is 11.4 Å². The third-order valence-corrected chi connectivity index (χ3v) is 3.64. The Hall–Kier alpha value is -2.79. The Morgan fingerprint density at radius 1 is 1.26 bits per heavy atom. The number of hydrogen-bond acceptors (Lipinski definition) is 4. The van der Waals surface area contributed by atoms with E-state index in [1.807, 2.05) is 6.07 Å². The fourth-order valence-electron chi connectivity index (χ4n) is 2.37. The van der Waals surface area contributed by atoms with E-state index in [2.05, 4.69) is 10.3 Å². The smallest absolute Gasteiger partial charge is 0.339 e. The molecule has 0 atom stereocenters. The number of nitrogens with one attached hydrogen (secondary N) is 1. The van der Waals surface area contributed by atoms with Crippen LogP contribution in [0.3, 0.4) is 0 Å². The zero-order valence-corrected chi connectivity index (χ0v) is 13.0. The maximum absolute atomic E-state index is 11.5. The Morgan fingerprint density at radius 3 is 2.74 bits per heavy atom. The molecule has 1 heterocycles. The third kappa shape index (κ3) is 2.91. The molecular weight excluding hydrogens is 316 g/mol. The lowest BCUT2D eigenvalue weighted by Crippen LogP contribution is -2.05. The SMILES string of the molecule is COc1cccc2c(Nc3cccc(Cl)c3)c(C(=O)O)cnc12. The number of carboxylic acid groups (broad SMARTS) is 1. The molecule has 0 bridgehead atoms. The molecule has 23 heavy (non-hydrogen) atoms. The van der Waals surface area contributed by atoms with Crippen molar-refractivity contribution >= 4 is 39.8 Å². The highest BCUT2D eigenvalue weighted by Gasteiger charge is 2.16. The lowest BCUT2D eigenvalue weighted by atomic mass is 10.1. The number of anilines is 2. The third-order valence-electron chi connectivity index (χ3n) is 3.40. The maximum Gasteiger partial charge on any atom is 0.339 e. The average Bonchev–Trinajstić information content (AvgIpc) is 2.54. The van der Waals surface area contributed by atoms with Crippen molar-refractivity contribution in [3.05, 3.63) is 59.2 Å². The highest BCUT2D eigenvalue weighted by Crippen LogP contribution is 2.33. The van der Waals surface area contributed by atoms with E-state index < -0.39 is 5.97 Å². The number of fused-ring (bicyclic) bond motifs is 1. The van der Waals surface area contributed by atoms with Crippen molar-refractivity contribution in [1.82, 2.24) is 4.98 Å². The summed E-state index contributed by atoms with van der Waals surface area (Å²) in [6.45, 7) is 0. The van der Waals surface area contributed by atoms with Gasteiger partial charge in [-0.05, 0) is 24.3 Å². The van der Waals surface area contributed by atoms with Gasteiger partial charge in [-0.25, -0.2) is 4.79 Å². The van der Waals surface area contributed by atoms with Gasteiger partial charge < -0.3 is 15.2 Å². The van der Waals surface area contributed by atoms with Gasteiger partial charge in [0.2, 0.25) is 0 Å². The van der Waals surface area contributed by atoms with E-state index in [0.717, 1.165) is 0 Å². The highest BCUT2D eigenvalue weighted by atomic mass is 35.5. The van der Waals surface area contributed by atoms with Gasteiger partial charge in [-0.2, -0.15) is 0 Å². The second-order valence-corrected chi connectivity index (χ2v) is 5.28. The fourth-order valence-corrected chi connectivity index (χ4v) is 2.56. The average molecular weight is 329 g/mol. The van der Waals surface area contributed by atoms with E-state index in [4.69, 9.17) is 16.3 Å². The normalized spacial score (nSPS) is 10.5. The molecule has 2 N–H and O–H groups in total. The van der Waals surface area contributed by atoms with Crippen molar-refractivity contribution in [3.63, 3.8) is 0 Å². The number of rotatable bonds is 4. The Morgan fingerprint density at radius 2 is 2.04 bits per heavy atom. The van der Waals surface area contributed by atoms with Crippen LogP contribution in [-0.2, 0) is 0 Å². The molecule has 0 aliphatic carbocycles. The number of carbonyl (C=O) groups is 1. The molecule has 5 nitrogen and oxygen atoms in total. The summed E-state index contributed by atoms with van der Waals surface area (Å²) in [5.74, 6) is -0.486. The quantitative estimate of drug-likeness (QED) is 0.745. The first-order chi connectivity index (χ1) is 11.1. The first-order valence-electron chi connectivity index (χ1n) is 6.81. The van der Waals surface area contributed by atoms with Crippen molar-refractivity contribution in [2.75, 3.05) is 12.4 Å². The highest BCUT2D eigenvalue weighted by molar-refractivity contribution is 6.30. The van der Waals surface area contributed by atoms with Crippen LogP contribution in [-0.4, -0.2) is 23.2 Å². The number of hydrogen-bond donors (Lipinski definition) is 2. The van der Waals surface area contributed by atoms with Crippen molar-refractivity contribution in [2.24, 2.45) is 0 Å². The van der Waals surface area contributed by atoms with Gasteiger partial charge in [-0.15, -0.1) is 0 Å². The van der Waals surface area contributed by atoms with Gasteiger partial charge in [0.05, 0.1) is 12.8 Å². The number of ether oxygens (including phenoxy) is 1. The van der Waals surface area contributed by atoms with Gasteiger partial charge in [0.1, 0.15) is 16.8 Å². The molecule has 0 aliphatic rings. The van der Waals surface area contributed by atoms with Crippen LogP contribution in [0.15, 0.2) is 48.7 Å². The minimum Gasteiger partial charge on any atom is -0.494 e. The summed E-state index contributed by atoms with van der Waals surface area (Å²) < 4.78 is 5.29. The summed E-state index contributed by atoms with van der Waals surface area (Å²) >= 11 is 5.99. The van der Waals surface area contributed by atoms with Crippen molar-refractivity contribution < 1.29 is 14.6 Å². The summed E-state index contributed by atoms with van der Waals surface area (Å²) in [5, 5.41) is 13.8. The summed E-state index contributed by atoms with van der Waals surface area (Å²) in [7, 11) is 1.55. The number of aromatic carboxylic acids is 1. The topological polar surface area (TPSA) is 71.5 Å². The molecule has 0 aliphatic heterocycles. The van der Waals surface area contributed by atoms with E-state index in [1.54, 1.807) is 43.5 Å². The lowest BCUT2D eigenvalue weighted by Gasteiger charge is -2.14. The second kappa shape index (κ2) is 6.14. The van der Waals surface area contributed by atoms with Crippen molar-refractivity contribution in [1.29, 1.82) is 0 Å². The van der Waals surface area contributed by atoms with Crippen LogP contribution >= 0.6 is 11.6 Å². The Balaban J connectivity index is 2.23. The van der Waals surface area contributed by atoms with Crippen LogP contribution in [0.5, 0.6) is 5.75 Å². The van der Waals surface area contributed by atoms with Crippen molar-refractivity contribution in [3.8, 4) is 5.75 Å². The number of carboxylic acids is 1. The van der Waals surface area contributed by atoms with Crippen LogP contribution in [0.1, 0.15) is 10.4 Å². The molecule has 0 fully saturated rings. The predicted molar refractivity (Wildman–Crippen MR) is 90.0 cm³/mol. The monoisotopic (exact) mass is 328 g/mol. The number of halogens is 1. The van der Waals surface area contributed by atoms with Crippen LogP contribution in [0.2, 0.25) is 5.02 Å². The van der Waals surface area contributed by atoms with Gasteiger partial charge in [-0.3, -0.25) is 4.98 Å². The number of nitrogens with zero attached hydrogens (tertiary/aromatic N) is 1. The molecule has 116 valence electrons. The largest absolute Gasteiger partial charge is 0.494 e. The maximum atomic E-state index is 11.5. The van der Waals surface area contributed by atoms with Gasteiger partial charge >= 0.3 is 5.97 Å². The zero-order chi connectivity index (χ0) is 16.4. The first kappa shape index (κ1) is 15.1. The molecule has 0 radical (unpaired) electrons. The predicted octanol–water partition coefficient (Wildman–Crippen LogP) is 4.34. The molecule has 0 saturated heterocycles. The van der Waals surface area contributed by atoms with Crippen molar-refractivity contribution in [2.45, 2.75) is 0 Å².